The molecule has 4 rings (SSSR count). The molecule has 1 aliphatic rings. The molecule has 1 aliphatic heterocycles. The van der Waals surface area contributed by atoms with Gasteiger partial charge in [0.1, 0.15) is 23.4 Å². The summed E-state index contributed by atoms with van der Waals surface area (Å²) in [6, 6.07) is 17.7. The first-order valence-electron chi connectivity index (χ1n) is 14.0. The van der Waals surface area contributed by atoms with Crippen molar-refractivity contribution >= 4 is 23.3 Å². The number of nitrogens with zero attached hydrogens (tertiary/aromatic N) is 2. The van der Waals surface area contributed by atoms with Crippen molar-refractivity contribution < 1.29 is 28.6 Å². The van der Waals surface area contributed by atoms with Gasteiger partial charge in [0.25, 0.3) is 0 Å². The highest BCUT2D eigenvalue weighted by atomic mass is 19.1. The Kier molecular flexibility index (Phi) is 10.4. The summed E-state index contributed by atoms with van der Waals surface area (Å²) in [6.45, 7) is 5.46. The zero-order valence-corrected chi connectivity index (χ0v) is 24.5. The fraction of sp³-hybridized carbons (Fsp3) is 0.375. The molecule has 0 unspecified atom stereocenters. The Morgan fingerprint density at radius 1 is 1.12 bits per heavy atom. The smallest absolute Gasteiger partial charge is 0.323 e. The average Bonchev–Trinajstić information content (AvgIpc) is 3.01. The Hall–Kier alpha value is -4.15. The molecule has 0 spiro atoms. The van der Waals surface area contributed by atoms with Crippen molar-refractivity contribution in [3.05, 3.63) is 83.7 Å². The van der Waals surface area contributed by atoms with E-state index in [1.807, 2.05) is 38.2 Å². The highest BCUT2D eigenvalue weighted by molar-refractivity contribution is 5.99. The Bertz CT molecular complexity index is 1350. The highest BCUT2D eigenvalue weighted by Crippen LogP contribution is 2.29. The van der Waals surface area contributed by atoms with Gasteiger partial charge in [-0.2, -0.15) is 0 Å². The maximum atomic E-state index is 13.5. The van der Waals surface area contributed by atoms with Gasteiger partial charge in [-0.15, -0.1) is 0 Å². The van der Waals surface area contributed by atoms with Crippen molar-refractivity contribution in [2.24, 2.45) is 5.92 Å². The number of urea groups is 1. The second kappa shape index (κ2) is 14.2. The van der Waals surface area contributed by atoms with Crippen LogP contribution in [0.5, 0.6) is 11.5 Å². The van der Waals surface area contributed by atoms with E-state index < -0.39 is 11.8 Å². The molecule has 9 nitrogen and oxygen atoms in total. The molecule has 0 aliphatic carbocycles. The lowest BCUT2D eigenvalue weighted by Gasteiger charge is -2.34. The predicted octanol–water partition coefficient (Wildman–Crippen LogP) is 4.76. The second-order valence-electron chi connectivity index (χ2n) is 10.8. The number of aliphatic hydroxyl groups excluding tert-OH is 1. The fourth-order valence-corrected chi connectivity index (χ4v) is 4.97. The number of fused-ring (bicyclic) bond motifs is 1. The van der Waals surface area contributed by atoms with Crippen LogP contribution >= 0.6 is 0 Å². The average molecular weight is 579 g/mol. The van der Waals surface area contributed by atoms with E-state index in [0.29, 0.717) is 42.3 Å². The molecule has 3 amide bonds. The van der Waals surface area contributed by atoms with Gasteiger partial charge in [-0.05, 0) is 74.1 Å². The lowest BCUT2D eigenvalue weighted by Crippen LogP contribution is -2.47. The summed E-state index contributed by atoms with van der Waals surface area (Å²) in [5.41, 5.74) is 2.69. The van der Waals surface area contributed by atoms with Gasteiger partial charge in [0.05, 0.1) is 26.2 Å². The number of benzene rings is 3. The number of anilines is 2. The molecule has 224 valence electrons. The van der Waals surface area contributed by atoms with Gasteiger partial charge >= 0.3 is 6.03 Å². The molecule has 0 saturated heterocycles. The zero-order valence-electron chi connectivity index (χ0n) is 24.5. The van der Waals surface area contributed by atoms with Gasteiger partial charge in [0.2, 0.25) is 5.91 Å². The molecule has 3 atom stereocenters. The number of rotatable bonds is 9. The Labute approximate surface area is 246 Å². The summed E-state index contributed by atoms with van der Waals surface area (Å²) in [6.07, 6.45) is -0.206. The molecule has 0 saturated carbocycles. The second-order valence-corrected chi connectivity index (χ2v) is 10.8. The number of carbonyl (C=O) groups is 2. The molecule has 3 aromatic carbocycles. The van der Waals surface area contributed by atoms with Crippen molar-refractivity contribution in [2.45, 2.75) is 39.0 Å². The van der Waals surface area contributed by atoms with Crippen LogP contribution < -0.4 is 20.1 Å². The molecule has 0 radical (unpaired) electrons. The molecule has 0 fully saturated rings. The normalized spacial score (nSPS) is 17.8. The fourth-order valence-electron chi connectivity index (χ4n) is 4.97. The van der Waals surface area contributed by atoms with Gasteiger partial charge in [0.15, 0.2) is 0 Å². The standard InChI is InChI=1S/C32H39FN4O5/c1-21-17-37(22(2)20-38)31(39)16-24-15-27(35-32(40)34-26-9-7-25(33)8-10-26)11-14-29(24)42-30(21)19-36(3)18-23-5-12-28(41-4)13-6-23/h5-15,21-22,30,38H,16-20H2,1-4H3,(H2,34,35,40)/t21-,22-,30+/m1/s1. The zero-order chi connectivity index (χ0) is 30.2. The summed E-state index contributed by atoms with van der Waals surface area (Å²) >= 11 is 0. The number of carbonyl (C=O) groups excluding carboxylic acids is 2. The van der Waals surface area contributed by atoms with Crippen molar-refractivity contribution in [2.75, 3.05) is 44.5 Å². The number of likely N-dealkylation sites (N-methyl/N-ethyl adjacent to an activating group) is 1. The van der Waals surface area contributed by atoms with Gasteiger partial charge < -0.3 is 30.1 Å². The number of ether oxygens (including phenoxy) is 2. The van der Waals surface area contributed by atoms with Crippen LogP contribution in [0, 0.1) is 11.7 Å². The lowest BCUT2D eigenvalue weighted by atomic mass is 10.0. The summed E-state index contributed by atoms with van der Waals surface area (Å²) < 4.78 is 25.1. The monoisotopic (exact) mass is 578 g/mol. The first kappa shape index (κ1) is 30.8. The number of methoxy groups -OCH3 is 1. The SMILES string of the molecule is COc1ccc(CN(C)C[C@@H]2Oc3ccc(NC(=O)Nc4ccc(F)cc4)cc3CC(=O)N([C@H](C)CO)C[C@H]2C)cc1. The molecular formula is C32H39FN4O5. The van der Waals surface area contributed by atoms with Crippen LogP contribution in [0.1, 0.15) is 25.0 Å². The quantitative estimate of drug-likeness (QED) is 0.338. The van der Waals surface area contributed by atoms with Gasteiger partial charge in [0, 0.05) is 42.5 Å². The summed E-state index contributed by atoms with van der Waals surface area (Å²) in [5.74, 6) is 0.809. The summed E-state index contributed by atoms with van der Waals surface area (Å²) in [7, 11) is 3.67. The predicted molar refractivity (Wildman–Crippen MR) is 160 cm³/mol. The minimum Gasteiger partial charge on any atom is -0.497 e. The van der Waals surface area contributed by atoms with Gasteiger partial charge in [-0.1, -0.05) is 19.1 Å². The molecular weight excluding hydrogens is 539 g/mol. The molecule has 10 heteroatoms. The van der Waals surface area contributed by atoms with E-state index in [0.717, 1.165) is 11.3 Å². The van der Waals surface area contributed by atoms with Crippen molar-refractivity contribution in [3.63, 3.8) is 0 Å². The Morgan fingerprint density at radius 2 is 1.79 bits per heavy atom. The number of halogens is 1. The van der Waals surface area contributed by atoms with E-state index >= 15 is 0 Å². The minimum atomic E-state index is -0.501. The third kappa shape index (κ3) is 8.20. The lowest BCUT2D eigenvalue weighted by molar-refractivity contribution is -0.134. The number of nitrogens with one attached hydrogen (secondary N) is 2. The van der Waals surface area contributed by atoms with Crippen LogP contribution in [0.4, 0.5) is 20.6 Å². The third-order valence-corrected chi connectivity index (χ3v) is 7.38. The van der Waals surface area contributed by atoms with E-state index in [9.17, 15) is 19.1 Å². The molecule has 3 N–H and O–H groups in total. The third-order valence-electron chi connectivity index (χ3n) is 7.38. The van der Waals surface area contributed by atoms with Crippen molar-refractivity contribution in [1.82, 2.24) is 9.80 Å². The summed E-state index contributed by atoms with van der Waals surface area (Å²) in [4.78, 5) is 29.9. The van der Waals surface area contributed by atoms with E-state index in [1.165, 1.54) is 24.3 Å². The van der Waals surface area contributed by atoms with Crippen LogP contribution in [-0.2, 0) is 17.8 Å². The van der Waals surface area contributed by atoms with Crippen molar-refractivity contribution in [3.8, 4) is 11.5 Å². The number of amides is 3. The van der Waals surface area contributed by atoms with Crippen LogP contribution in [0.15, 0.2) is 66.7 Å². The topological polar surface area (TPSA) is 103 Å². The van der Waals surface area contributed by atoms with Crippen LogP contribution in [-0.4, -0.2) is 72.8 Å². The van der Waals surface area contributed by atoms with Crippen LogP contribution in [0.2, 0.25) is 0 Å². The first-order chi connectivity index (χ1) is 20.1. The molecule has 0 bridgehead atoms. The highest BCUT2D eigenvalue weighted by Gasteiger charge is 2.31. The van der Waals surface area contributed by atoms with E-state index in [2.05, 4.69) is 22.5 Å². The minimum absolute atomic E-state index is 0.0356. The largest absolute Gasteiger partial charge is 0.497 e. The van der Waals surface area contributed by atoms with Gasteiger partial charge in [-0.25, -0.2) is 9.18 Å². The van der Waals surface area contributed by atoms with Crippen LogP contribution in [0.25, 0.3) is 0 Å². The van der Waals surface area contributed by atoms with Crippen LogP contribution in [0.3, 0.4) is 0 Å². The summed E-state index contributed by atoms with van der Waals surface area (Å²) in [5, 5.41) is 15.3. The Balaban J connectivity index is 1.54. The van der Waals surface area contributed by atoms with E-state index in [1.54, 1.807) is 30.2 Å². The number of hydrogen-bond acceptors (Lipinski definition) is 6. The number of hydrogen-bond donors (Lipinski definition) is 3. The molecule has 0 aromatic heterocycles. The van der Waals surface area contributed by atoms with Gasteiger partial charge in [-0.3, -0.25) is 9.69 Å². The number of aliphatic hydroxyl groups is 1. The first-order valence-corrected chi connectivity index (χ1v) is 14.0. The van der Waals surface area contributed by atoms with E-state index in [-0.39, 0.29) is 37.0 Å². The van der Waals surface area contributed by atoms with Crippen molar-refractivity contribution in [1.29, 1.82) is 0 Å². The maximum Gasteiger partial charge on any atom is 0.323 e. The molecule has 42 heavy (non-hydrogen) atoms. The molecule has 3 aromatic rings. The Morgan fingerprint density at radius 3 is 2.45 bits per heavy atom. The van der Waals surface area contributed by atoms with E-state index in [4.69, 9.17) is 9.47 Å². The molecule has 1 heterocycles. The maximum absolute atomic E-state index is 13.5.